The van der Waals surface area contributed by atoms with Crippen LogP contribution >= 0.6 is 0 Å². The van der Waals surface area contributed by atoms with Gasteiger partial charge in [-0.3, -0.25) is 4.90 Å². The van der Waals surface area contributed by atoms with E-state index >= 15 is 0 Å². The van der Waals surface area contributed by atoms with Crippen LogP contribution in [-0.2, 0) is 0 Å². The summed E-state index contributed by atoms with van der Waals surface area (Å²) in [6.45, 7) is 0.656. The molecule has 23 heavy (non-hydrogen) atoms. The van der Waals surface area contributed by atoms with Crippen molar-refractivity contribution in [1.82, 2.24) is 4.90 Å². The molecule has 2 aromatic carbocycles. The first-order chi connectivity index (χ1) is 11.4. The molecule has 0 radical (unpaired) electrons. The first kappa shape index (κ1) is 15.6. The van der Waals surface area contributed by atoms with Gasteiger partial charge in [-0.2, -0.15) is 0 Å². The Kier molecular flexibility index (Phi) is 5.29. The van der Waals surface area contributed by atoms with Gasteiger partial charge in [0, 0.05) is 6.04 Å². The highest BCUT2D eigenvalue weighted by molar-refractivity contribution is 5.32. The van der Waals surface area contributed by atoms with Crippen LogP contribution in [-0.4, -0.2) is 17.5 Å². The molecule has 1 nitrogen and oxygen atoms in total. The van der Waals surface area contributed by atoms with Crippen molar-refractivity contribution < 1.29 is 0 Å². The largest absolute Gasteiger partial charge is 0.275 e. The van der Waals surface area contributed by atoms with E-state index in [0.717, 1.165) is 0 Å². The predicted molar refractivity (Wildman–Crippen MR) is 97.0 cm³/mol. The molecule has 0 amide bonds. The van der Waals surface area contributed by atoms with Crippen LogP contribution in [0.4, 0.5) is 0 Å². The summed E-state index contributed by atoms with van der Waals surface area (Å²) in [4.78, 5) is 2.46. The summed E-state index contributed by atoms with van der Waals surface area (Å²) in [6.07, 6.45) is 13.9. The molecule has 0 spiro atoms. The molecule has 0 bridgehead atoms. The van der Waals surface area contributed by atoms with Crippen molar-refractivity contribution in [3.63, 3.8) is 0 Å². The van der Waals surface area contributed by atoms with Gasteiger partial charge in [0.1, 0.15) is 0 Å². The van der Waals surface area contributed by atoms with Gasteiger partial charge in [-0.15, -0.1) is 6.42 Å². The molecule has 0 N–H and O–H groups in total. The number of hydrogen-bond acceptors (Lipinski definition) is 1. The lowest BCUT2D eigenvalue weighted by Crippen LogP contribution is -2.39. The first-order valence-corrected chi connectivity index (χ1v) is 8.36. The van der Waals surface area contributed by atoms with E-state index < -0.39 is 0 Å². The molecule has 1 aliphatic carbocycles. The maximum absolute atomic E-state index is 5.71. The van der Waals surface area contributed by atoms with E-state index in [1.165, 1.54) is 30.4 Å². The van der Waals surface area contributed by atoms with E-state index in [1.54, 1.807) is 0 Å². The molecule has 0 aliphatic heterocycles. The Morgan fingerprint density at radius 2 is 1.61 bits per heavy atom. The zero-order chi connectivity index (χ0) is 15.9. The van der Waals surface area contributed by atoms with E-state index in [9.17, 15) is 0 Å². The standard InChI is InChI=1S/C22H23N/c1-2-18-23(21-16-10-5-11-17-21)22(19-12-6-3-7-13-19)20-14-8-4-9-15-20/h1,3-4,6-10,12-16,21-22H,5,11,17-18H2. The van der Waals surface area contributed by atoms with Crippen LogP contribution in [0.5, 0.6) is 0 Å². The minimum atomic E-state index is 0.196. The number of hydrogen-bond donors (Lipinski definition) is 0. The van der Waals surface area contributed by atoms with Crippen LogP contribution in [0.1, 0.15) is 36.4 Å². The van der Waals surface area contributed by atoms with Gasteiger partial charge < -0.3 is 0 Å². The molecular weight excluding hydrogens is 278 g/mol. The van der Waals surface area contributed by atoms with Gasteiger partial charge in [-0.1, -0.05) is 78.7 Å². The summed E-state index contributed by atoms with van der Waals surface area (Å²) in [6, 6.07) is 22.0. The summed E-state index contributed by atoms with van der Waals surface area (Å²) < 4.78 is 0. The van der Waals surface area contributed by atoms with Crippen LogP contribution in [0.2, 0.25) is 0 Å². The second kappa shape index (κ2) is 7.81. The minimum Gasteiger partial charge on any atom is -0.275 e. The number of nitrogens with zero attached hydrogens (tertiary/aromatic N) is 1. The summed E-state index contributed by atoms with van der Waals surface area (Å²) in [5.74, 6) is 2.88. The van der Waals surface area contributed by atoms with Crippen LogP contribution in [0.15, 0.2) is 72.8 Å². The highest BCUT2D eigenvalue weighted by Gasteiger charge is 2.27. The molecular formula is C22H23N. The second-order valence-electron chi connectivity index (χ2n) is 6.03. The SMILES string of the molecule is C#CCN(C1C=CCCC1)C(c1ccccc1)c1ccccc1. The Morgan fingerprint density at radius 1 is 1.00 bits per heavy atom. The number of benzene rings is 2. The molecule has 0 aromatic heterocycles. The van der Waals surface area contributed by atoms with Gasteiger partial charge in [0.25, 0.3) is 0 Å². The van der Waals surface area contributed by atoms with Gasteiger partial charge >= 0.3 is 0 Å². The van der Waals surface area contributed by atoms with Crippen LogP contribution in [0.25, 0.3) is 0 Å². The monoisotopic (exact) mass is 301 g/mol. The first-order valence-electron chi connectivity index (χ1n) is 8.36. The van der Waals surface area contributed by atoms with Crippen molar-refractivity contribution in [2.24, 2.45) is 0 Å². The zero-order valence-electron chi connectivity index (χ0n) is 13.4. The lowest BCUT2D eigenvalue weighted by Gasteiger charge is -2.37. The molecule has 1 aliphatic rings. The van der Waals surface area contributed by atoms with Gasteiger partial charge in [0.2, 0.25) is 0 Å². The Bertz CT molecular complexity index is 627. The van der Waals surface area contributed by atoms with Crippen molar-refractivity contribution in [1.29, 1.82) is 0 Å². The Hall–Kier alpha value is -2.30. The van der Waals surface area contributed by atoms with Crippen molar-refractivity contribution in [2.75, 3.05) is 6.54 Å². The van der Waals surface area contributed by atoms with Crippen molar-refractivity contribution in [3.8, 4) is 12.3 Å². The van der Waals surface area contributed by atoms with E-state index in [-0.39, 0.29) is 6.04 Å². The molecule has 0 heterocycles. The van der Waals surface area contributed by atoms with Gasteiger partial charge in [-0.25, -0.2) is 0 Å². The fourth-order valence-corrected chi connectivity index (χ4v) is 3.42. The lowest BCUT2D eigenvalue weighted by atomic mass is 9.93. The van der Waals surface area contributed by atoms with Gasteiger partial charge in [0.15, 0.2) is 0 Å². The minimum absolute atomic E-state index is 0.196. The third-order valence-corrected chi connectivity index (χ3v) is 4.49. The topological polar surface area (TPSA) is 3.24 Å². The summed E-state index contributed by atoms with van der Waals surface area (Å²) in [5.41, 5.74) is 2.60. The van der Waals surface area contributed by atoms with E-state index in [4.69, 9.17) is 6.42 Å². The van der Waals surface area contributed by atoms with Crippen molar-refractivity contribution >= 4 is 0 Å². The van der Waals surface area contributed by atoms with E-state index in [1.807, 2.05) is 0 Å². The van der Waals surface area contributed by atoms with E-state index in [0.29, 0.717) is 12.6 Å². The second-order valence-corrected chi connectivity index (χ2v) is 6.03. The molecule has 0 saturated carbocycles. The third-order valence-electron chi connectivity index (χ3n) is 4.49. The lowest BCUT2D eigenvalue weighted by molar-refractivity contribution is 0.195. The number of terminal acetylenes is 1. The van der Waals surface area contributed by atoms with Crippen LogP contribution < -0.4 is 0 Å². The predicted octanol–water partition coefficient (Wildman–Crippen LogP) is 4.82. The molecule has 116 valence electrons. The molecule has 0 saturated heterocycles. The Labute approximate surface area is 139 Å². The summed E-state index contributed by atoms with van der Waals surface area (Å²) >= 11 is 0. The van der Waals surface area contributed by atoms with Crippen LogP contribution in [0.3, 0.4) is 0 Å². The highest BCUT2D eigenvalue weighted by Crippen LogP contribution is 2.32. The molecule has 1 atom stereocenters. The highest BCUT2D eigenvalue weighted by atomic mass is 15.2. The third kappa shape index (κ3) is 3.73. The van der Waals surface area contributed by atoms with E-state index in [2.05, 4.69) is 83.6 Å². The fourth-order valence-electron chi connectivity index (χ4n) is 3.42. The average molecular weight is 301 g/mol. The summed E-state index contributed by atoms with van der Waals surface area (Å²) in [7, 11) is 0. The zero-order valence-corrected chi connectivity index (χ0v) is 13.4. The molecule has 1 unspecified atom stereocenters. The summed E-state index contributed by atoms with van der Waals surface area (Å²) in [5, 5.41) is 0. The number of rotatable bonds is 5. The van der Waals surface area contributed by atoms with Crippen molar-refractivity contribution in [2.45, 2.75) is 31.3 Å². The van der Waals surface area contributed by atoms with Crippen molar-refractivity contribution in [3.05, 3.63) is 83.9 Å². The van der Waals surface area contributed by atoms with Crippen LogP contribution in [0, 0.1) is 12.3 Å². The van der Waals surface area contributed by atoms with Gasteiger partial charge in [-0.05, 0) is 30.4 Å². The average Bonchev–Trinajstić information content (AvgIpc) is 2.64. The van der Waals surface area contributed by atoms with Gasteiger partial charge in [0.05, 0.1) is 12.6 Å². The molecule has 3 rings (SSSR count). The smallest absolute Gasteiger partial charge is 0.0615 e. The maximum Gasteiger partial charge on any atom is 0.0615 e. The molecule has 1 heteroatoms. The number of allylic oxidation sites excluding steroid dienone is 1. The molecule has 0 fully saturated rings. The quantitative estimate of drug-likeness (QED) is 0.565. The Morgan fingerprint density at radius 3 is 2.09 bits per heavy atom. The Balaban J connectivity index is 2.03. The molecule has 2 aromatic rings. The maximum atomic E-state index is 5.71. The normalized spacial score (nSPS) is 17.3. The fraction of sp³-hybridized carbons (Fsp3) is 0.273.